The predicted molar refractivity (Wildman–Crippen MR) is 239 cm³/mol. The molecule has 350 valence electrons. The van der Waals surface area contributed by atoms with Crippen molar-refractivity contribution in [2.45, 2.75) is 162 Å². The van der Waals surface area contributed by atoms with E-state index < -0.39 is 23.6 Å². The van der Waals surface area contributed by atoms with Crippen LogP contribution in [-0.4, -0.2) is 169 Å². The molecule has 60 heavy (non-hydrogen) atoms. The summed E-state index contributed by atoms with van der Waals surface area (Å²) >= 11 is 0. The molecule has 0 radical (unpaired) electrons. The van der Waals surface area contributed by atoms with Gasteiger partial charge in [0.05, 0.1) is 25.2 Å². The lowest BCUT2D eigenvalue weighted by molar-refractivity contribution is -0.139. The summed E-state index contributed by atoms with van der Waals surface area (Å²) < 4.78 is 5.79. The third-order valence-corrected chi connectivity index (χ3v) is 11.4. The monoisotopic (exact) mass is 854 g/mol. The van der Waals surface area contributed by atoms with E-state index in [2.05, 4.69) is 27.8 Å². The first kappa shape index (κ1) is 55.2. The van der Waals surface area contributed by atoms with Gasteiger partial charge >= 0.3 is 11.9 Å². The largest absolute Gasteiger partial charge is 0.480 e. The first-order chi connectivity index (χ1) is 28.8. The zero-order valence-corrected chi connectivity index (χ0v) is 38.5. The fraction of sp³-hybridized carbons (Fsp3) is 0.889. The van der Waals surface area contributed by atoms with E-state index in [1.165, 1.54) is 70.6 Å². The van der Waals surface area contributed by atoms with Crippen molar-refractivity contribution in [1.82, 2.24) is 35.6 Å². The van der Waals surface area contributed by atoms with Gasteiger partial charge in [0.1, 0.15) is 6.04 Å². The molecule has 0 spiro atoms. The Morgan fingerprint density at radius 2 is 1.03 bits per heavy atom. The van der Waals surface area contributed by atoms with Crippen LogP contribution in [0.4, 0.5) is 0 Å². The molecule has 0 saturated carbocycles. The lowest BCUT2D eigenvalue weighted by Crippen LogP contribution is -2.52. The minimum atomic E-state index is -0.921. The minimum Gasteiger partial charge on any atom is -0.480 e. The summed E-state index contributed by atoms with van der Waals surface area (Å²) in [5.74, 6) is -2.41. The number of nitrogens with zero attached hydrogens (tertiary/aromatic N) is 4. The summed E-state index contributed by atoms with van der Waals surface area (Å²) in [6.07, 6.45) is 19.2. The van der Waals surface area contributed by atoms with Crippen LogP contribution in [0.3, 0.4) is 0 Å². The van der Waals surface area contributed by atoms with E-state index >= 15 is 0 Å². The van der Waals surface area contributed by atoms with Gasteiger partial charge in [0.15, 0.2) is 0 Å². The Labute approximate surface area is 363 Å². The topological polar surface area (TPSA) is 184 Å². The Hall–Kier alpha value is -2.85. The van der Waals surface area contributed by atoms with E-state index in [-0.39, 0.29) is 37.4 Å². The zero-order valence-electron chi connectivity index (χ0n) is 38.5. The lowest BCUT2D eigenvalue weighted by Gasteiger charge is -2.33. The molecule has 0 unspecified atom stereocenters. The molecule has 0 aromatic carbocycles. The Morgan fingerprint density at radius 3 is 1.50 bits per heavy atom. The van der Waals surface area contributed by atoms with Crippen LogP contribution < -0.4 is 16.0 Å². The molecule has 0 aliphatic carbocycles. The van der Waals surface area contributed by atoms with Gasteiger partial charge in [-0.25, -0.2) is 0 Å². The highest BCUT2D eigenvalue weighted by Crippen LogP contribution is 2.14. The van der Waals surface area contributed by atoms with Crippen molar-refractivity contribution >= 4 is 29.7 Å². The van der Waals surface area contributed by atoms with E-state index in [0.29, 0.717) is 104 Å². The Bertz CT molecular complexity index is 1140. The fourth-order valence-corrected chi connectivity index (χ4v) is 7.63. The van der Waals surface area contributed by atoms with E-state index in [0.717, 1.165) is 19.4 Å². The maximum atomic E-state index is 13.6. The van der Waals surface area contributed by atoms with Crippen molar-refractivity contribution in [2.24, 2.45) is 0 Å². The van der Waals surface area contributed by atoms with Gasteiger partial charge in [-0.3, -0.25) is 38.7 Å². The summed E-state index contributed by atoms with van der Waals surface area (Å²) in [5.41, 5.74) is -0.412. The molecule has 0 aromatic rings. The molecule has 5 N–H and O–H groups in total. The van der Waals surface area contributed by atoms with Crippen LogP contribution in [0.1, 0.15) is 150 Å². The molecule has 1 rings (SSSR count). The zero-order chi connectivity index (χ0) is 44.4. The molecular formula is C45H87N7O8. The van der Waals surface area contributed by atoms with Crippen molar-refractivity contribution in [1.29, 1.82) is 0 Å². The van der Waals surface area contributed by atoms with Gasteiger partial charge in [-0.1, -0.05) is 90.9 Å². The number of amides is 3. The highest BCUT2D eigenvalue weighted by Gasteiger charge is 2.25. The Balaban J connectivity index is 2.72. The van der Waals surface area contributed by atoms with Gasteiger partial charge in [0.2, 0.25) is 17.7 Å². The maximum absolute atomic E-state index is 13.6. The van der Waals surface area contributed by atoms with Gasteiger partial charge in [-0.2, -0.15) is 0 Å². The lowest BCUT2D eigenvalue weighted by atomic mass is 10.0. The second-order valence-electron chi connectivity index (χ2n) is 17.2. The fourth-order valence-electron chi connectivity index (χ4n) is 7.63. The van der Waals surface area contributed by atoms with Gasteiger partial charge in [-0.15, -0.1) is 0 Å². The second kappa shape index (κ2) is 34.7. The van der Waals surface area contributed by atoms with Crippen LogP contribution in [-0.2, 0) is 28.7 Å². The molecule has 0 bridgehead atoms. The maximum Gasteiger partial charge on any atom is 0.317 e. The normalized spacial score (nSPS) is 16.1. The summed E-state index contributed by atoms with van der Waals surface area (Å²) in [7, 11) is 0. The van der Waals surface area contributed by atoms with Crippen molar-refractivity contribution in [3.63, 3.8) is 0 Å². The van der Waals surface area contributed by atoms with Crippen LogP contribution in [0.2, 0.25) is 0 Å². The van der Waals surface area contributed by atoms with E-state index in [4.69, 9.17) is 4.74 Å². The van der Waals surface area contributed by atoms with Crippen LogP contribution >= 0.6 is 0 Å². The number of hydrogen-bond acceptors (Lipinski definition) is 10. The van der Waals surface area contributed by atoms with Gasteiger partial charge in [-0.05, 0) is 59.4 Å². The second-order valence-corrected chi connectivity index (χ2v) is 17.2. The highest BCUT2D eigenvalue weighted by atomic mass is 16.5. The number of carbonyl (C=O) groups excluding carboxylic acids is 3. The van der Waals surface area contributed by atoms with Gasteiger partial charge < -0.3 is 35.8 Å². The van der Waals surface area contributed by atoms with Crippen LogP contribution in [0.15, 0.2) is 0 Å². The van der Waals surface area contributed by atoms with E-state index in [1.807, 2.05) is 42.4 Å². The van der Waals surface area contributed by atoms with Gasteiger partial charge in [0.25, 0.3) is 0 Å². The predicted octanol–water partition coefficient (Wildman–Crippen LogP) is 4.97. The summed E-state index contributed by atoms with van der Waals surface area (Å²) in [5, 5.41) is 28.1. The molecule has 15 nitrogen and oxygen atoms in total. The molecule has 0 aromatic heterocycles. The quantitative estimate of drug-likeness (QED) is 0.0560. The van der Waals surface area contributed by atoms with Crippen LogP contribution in [0, 0.1) is 0 Å². The first-order valence-corrected chi connectivity index (χ1v) is 23.6. The number of unbranched alkanes of at least 4 members (excludes halogenated alkanes) is 13. The number of carbonyl (C=O) groups is 5. The summed E-state index contributed by atoms with van der Waals surface area (Å²) in [6.45, 7) is 16.1. The number of carboxylic acids is 2. The van der Waals surface area contributed by atoms with Crippen molar-refractivity contribution in [2.75, 3.05) is 98.2 Å². The number of ether oxygens (including phenoxy) is 1. The first-order valence-electron chi connectivity index (χ1n) is 23.6. The Morgan fingerprint density at radius 1 is 0.567 bits per heavy atom. The standard InChI is InChI=1S/C45H87N7O8/c1-6-9-10-11-12-13-14-15-16-17-18-19-20-24-40(53)46-26-22-21-23-39(44(59)47-27-25-45(4,5)60-8-3)48-41(54)36-50-32-34-51(37-42(55)56)30-28-49(7-2)29-31-52(35-33-50)38-43(57)58/h39H,6-38H2,1-5H3,(H,46,53)(H,47,59)(H,48,54)(H,55,56)(H,57,58)/t39-/m0/s1. The molecule has 1 aliphatic heterocycles. The van der Waals surface area contributed by atoms with Crippen LogP contribution in [0.25, 0.3) is 0 Å². The van der Waals surface area contributed by atoms with Crippen molar-refractivity contribution < 1.29 is 38.9 Å². The molecule has 1 aliphatic rings. The van der Waals surface area contributed by atoms with E-state index in [1.54, 1.807) is 0 Å². The summed E-state index contributed by atoms with van der Waals surface area (Å²) in [6, 6.07) is -0.784. The number of likely N-dealkylation sites (N-methyl/N-ethyl adjacent to an activating group) is 1. The summed E-state index contributed by atoms with van der Waals surface area (Å²) in [4.78, 5) is 70.8. The van der Waals surface area contributed by atoms with Crippen molar-refractivity contribution in [3.05, 3.63) is 0 Å². The number of nitrogens with one attached hydrogen (secondary N) is 3. The molecule has 15 heteroatoms. The smallest absolute Gasteiger partial charge is 0.317 e. The number of hydrogen-bond donors (Lipinski definition) is 5. The van der Waals surface area contributed by atoms with Crippen LogP contribution in [0.5, 0.6) is 0 Å². The Kier molecular flexibility index (Phi) is 31.9. The third kappa shape index (κ3) is 30.2. The van der Waals surface area contributed by atoms with Crippen molar-refractivity contribution in [3.8, 4) is 0 Å². The molecule has 1 atom stereocenters. The number of aliphatic carboxylic acids is 2. The average Bonchev–Trinajstić information content (AvgIpc) is 3.18. The third-order valence-electron chi connectivity index (χ3n) is 11.4. The molecule has 1 saturated heterocycles. The number of rotatable bonds is 33. The van der Waals surface area contributed by atoms with E-state index in [9.17, 15) is 34.2 Å². The molecular weight excluding hydrogens is 767 g/mol. The molecule has 1 fully saturated rings. The molecule has 3 amide bonds. The average molecular weight is 854 g/mol. The minimum absolute atomic E-state index is 0.0285. The van der Waals surface area contributed by atoms with Gasteiger partial charge in [0, 0.05) is 78.5 Å². The molecule has 1 heterocycles. The SMILES string of the molecule is CCCCCCCCCCCCCCCC(=O)NCCCC[C@H](NC(=O)CN1CCN(CC(=O)O)CCN(CC)CCN(CC(=O)O)CC1)C(=O)NCCC(C)(C)OCC. The highest BCUT2D eigenvalue weighted by molar-refractivity contribution is 5.88. The number of carboxylic acid groups (broad SMARTS) is 2.